The van der Waals surface area contributed by atoms with Crippen molar-refractivity contribution in [1.29, 1.82) is 0 Å². The van der Waals surface area contributed by atoms with Gasteiger partial charge in [0.15, 0.2) is 0 Å². The van der Waals surface area contributed by atoms with Crippen LogP contribution in [0.25, 0.3) is 0 Å². The molecular weight excluding hydrogens is 856 g/mol. The van der Waals surface area contributed by atoms with Crippen LogP contribution in [0.3, 0.4) is 0 Å². The van der Waals surface area contributed by atoms with Crippen LogP contribution in [0.15, 0.2) is 0 Å². The Morgan fingerprint density at radius 2 is 0.524 bits per heavy atom. The summed E-state index contributed by atoms with van der Waals surface area (Å²) in [5.41, 5.74) is 5.08. The summed E-state index contributed by atoms with van der Waals surface area (Å²) in [6, 6.07) is -4.66. The third kappa shape index (κ3) is 27.0. The molecule has 0 aromatic heterocycles. The number of aliphatic carboxylic acids is 1. The smallest absolute Gasteiger partial charge is 0.328 e. The van der Waals surface area contributed by atoms with Crippen LogP contribution < -0.4 is 74.9 Å². The van der Waals surface area contributed by atoms with Crippen molar-refractivity contribution in [3.05, 3.63) is 0 Å². The van der Waals surface area contributed by atoms with E-state index in [-0.39, 0.29) is 6.54 Å². The lowest BCUT2D eigenvalue weighted by Gasteiger charge is -2.16. The Bertz CT molecular complexity index is 1700. The van der Waals surface area contributed by atoms with E-state index in [0.29, 0.717) is 0 Å². The van der Waals surface area contributed by atoms with E-state index in [1.807, 2.05) is 5.32 Å². The molecule has 63 heavy (non-hydrogen) atoms. The van der Waals surface area contributed by atoms with E-state index in [9.17, 15) is 77.3 Å². The molecule has 32 heteroatoms. The van der Waals surface area contributed by atoms with Crippen LogP contribution in [0.5, 0.6) is 0 Å². The summed E-state index contributed by atoms with van der Waals surface area (Å²) in [6.07, 6.45) is 0. The lowest BCUT2D eigenvalue weighted by molar-refractivity contribution is -0.143. The van der Waals surface area contributed by atoms with Gasteiger partial charge in [-0.05, 0) is 0 Å². The topological polar surface area (TPSA) is 502 Å². The SMILES string of the molecule is NCC(=O)NCC(=O)N[C@@H](CO)C(=O)NCC(=O)NCC(=O)NCC(=O)NCC(=O)NCC(=O)N[C@@H](CO)C(=O)NCC(=O)NCC(=O)NCC(=O)NCC(=O)N[C@@H](CO)C(=O)O. The first kappa shape index (κ1) is 55.4. The molecule has 32 nitrogen and oxygen atoms in total. The number of rotatable bonds is 30. The number of nitrogens with two attached hydrogens (primary N) is 1. The first-order valence-electron chi connectivity index (χ1n) is 18.1. The Morgan fingerprint density at radius 3 is 0.746 bits per heavy atom. The van der Waals surface area contributed by atoms with Crippen molar-refractivity contribution >= 4 is 82.8 Å². The molecule has 0 radical (unpaired) electrons. The van der Waals surface area contributed by atoms with Crippen LogP contribution in [0, 0.1) is 0 Å². The molecule has 19 N–H and O–H groups in total. The molecule has 13 amide bonds. The third-order valence-corrected chi connectivity index (χ3v) is 7.09. The van der Waals surface area contributed by atoms with E-state index >= 15 is 0 Å². The molecule has 0 spiro atoms. The second-order valence-corrected chi connectivity index (χ2v) is 12.1. The molecule has 0 fully saturated rings. The Labute approximate surface area is 355 Å². The number of carbonyl (C=O) groups is 14. The number of carboxylic acid groups (broad SMARTS) is 1. The molecule has 0 aliphatic heterocycles. The number of aliphatic hydroxyl groups excluding tert-OH is 3. The molecule has 0 aliphatic carbocycles. The summed E-state index contributed by atoms with van der Waals surface area (Å²) >= 11 is 0. The standard InChI is InChI=1S/C31H50N14O18/c32-1-18(49)33-9-26(57)43-15(12-46)29(60)41-7-24(55)37-3-20(51)34-2-19(50)35-5-22(53)39-10-27(58)44-16(13-47)30(61)42-8-25(56)38-4-21(52)36-6-23(54)40-11-28(59)45-17(14-48)31(62)63/h15-17,46-48H,1-14,32H2,(H,33,49)(H,34,51)(H,35,50)(H,36,52)(H,37,55)(H,38,56)(H,39,53)(H,40,54)(H,41,60)(H,42,61)(H,43,57)(H,44,58)(H,45,59)(H,62,63)/t15-,16-,17-/m0/s1. The number of carboxylic acids is 1. The number of carbonyl (C=O) groups excluding carboxylic acids is 13. The van der Waals surface area contributed by atoms with E-state index in [2.05, 4.69) is 63.8 Å². The van der Waals surface area contributed by atoms with Gasteiger partial charge in [0, 0.05) is 0 Å². The molecule has 0 saturated carbocycles. The highest BCUT2D eigenvalue weighted by Crippen LogP contribution is 1.86. The van der Waals surface area contributed by atoms with Gasteiger partial charge in [-0.3, -0.25) is 62.3 Å². The normalized spacial score (nSPS) is 11.6. The summed E-state index contributed by atoms with van der Waals surface area (Å²) in [7, 11) is 0. The van der Waals surface area contributed by atoms with Crippen LogP contribution in [0.2, 0.25) is 0 Å². The van der Waals surface area contributed by atoms with Crippen LogP contribution in [-0.4, -0.2) is 213 Å². The quantitative estimate of drug-likeness (QED) is 0.0318. The lowest BCUT2D eigenvalue weighted by atomic mass is 10.3. The summed E-state index contributed by atoms with van der Waals surface area (Å²) < 4.78 is 0. The van der Waals surface area contributed by atoms with E-state index in [0.717, 1.165) is 0 Å². The molecule has 3 atom stereocenters. The highest BCUT2D eigenvalue weighted by molar-refractivity contribution is 5.96. The van der Waals surface area contributed by atoms with Crippen LogP contribution in [0.1, 0.15) is 0 Å². The molecular formula is C31H50N14O18. The van der Waals surface area contributed by atoms with Gasteiger partial charge >= 0.3 is 5.97 Å². The molecule has 0 heterocycles. The lowest BCUT2D eigenvalue weighted by Crippen LogP contribution is -2.53. The molecule has 0 aliphatic rings. The second-order valence-electron chi connectivity index (χ2n) is 12.1. The fraction of sp³-hybridized carbons (Fsp3) is 0.548. The maximum Gasteiger partial charge on any atom is 0.328 e. The first-order chi connectivity index (χ1) is 29.7. The zero-order chi connectivity index (χ0) is 47.9. The van der Waals surface area contributed by atoms with Gasteiger partial charge in [-0.1, -0.05) is 0 Å². The van der Waals surface area contributed by atoms with Crippen LogP contribution in [-0.2, 0) is 67.1 Å². The van der Waals surface area contributed by atoms with Gasteiger partial charge in [0.1, 0.15) is 18.1 Å². The predicted octanol–water partition coefficient (Wildman–Crippen LogP) is -14.4. The molecule has 0 saturated heterocycles. The number of aliphatic hydroxyl groups is 3. The number of hydrogen-bond acceptors (Lipinski definition) is 18. The van der Waals surface area contributed by atoms with Crippen molar-refractivity contribution in [2.45, 2.75) is 18.1 Å². The minimum atomic E-state index is -1.60. The van der Waals surface area contributed by atoms with Crippen molar-refractivity contribution < 1.29 is 87.5 Å². The summed E-state index contributed by atoms with van der Waals surface area (Å²) in [5, 5.41) is 63.7. The van der Waals surface area contributed by atoms with Crippen molar-refractivity contribution in [2.24, 2.45) is 5.73 Å². The molecule has 0 aromatic rings. The van der Waals surface area contributed by atoms with Crippen LogP contribution in [0.4, 0.5) is 0 Å². The van der Waals surface area contributed by atoms with Gasteiger partial charge in [-0.2, -0.15) is 0 Å². The zero-order valence-corrected chi connectivity index (χ0v) is 33.2. The van der Waals surface area contributed by atoms with Crippen molar-refractivity contribution in [3.63, 3.8) is 0 Å². The van der Waals surface area contributed by atoms with E-state index < -0.39 is 186 Å². The van der Waals surface area contributed by atoms with Gasteiger partial charge in [0.25, 0.3) is 0 Å². The average molecular weight is 907 g/mol. The van der Waals surface area contributed by atoms with Gasteiger partial charge < -0.3 is 95.3 Å². The van der Waals surface area contributed by atoms with E-state index in [4.69, 9.17) is 15.9 Å². The highest BCUT2D eigenvalue weighted by atomic mass is 16.4. The number of nitrogens with one attached hydrogen (secondary N) is 13. The fourth-order valence-electron chi connectivity index (χ4n) is 3.83. The largest absolute Gasteiger partial charge is 0.480 e. The summed E-state index contributed by atoms with van der Waals surface area (Å²) in [6.45, 7) is -9.72. The maximum atomic E-state index is 12.3. The van der Waals surface area contributed by atoms with Gasteiger partial charge in [-0.25, -0.2) is 4.79 Å². The Hall–Kier alpha value is -7.58. The summed E-state index contributed by atoms with van der Waals surface area (Å²) in [5.74, 6) is -13.1. The molecule has 0 rings (SSSR count). The molecule has 352 valence electrons. The third-order valence-electron chi connectivity index (χ3n) is 7.09. The Morgan fingerprint density at radius 1 is 0.317 bits per heavy atom. The van der Waals surface area contributed by atoms with E-state index in [1.54, 1.807) is 0 Å². The van der Waals surface area contributed by atoms with Gasteiger partial charge in [-0.15, -0.1) is 0 Å². The Kier molecular flexibility index (Phi) is 27.5. The summed E-state index contributed by atoms with van der Waals surface area (Å²) in [4.78, 5) is 166. The molecule has 0 bridgehead atoms. The number of hydrogen-bond donors (Lipinski definition) is 18. The van der Waals surface area contributed by atoms with Crippen molar-refractivity contribution in [3.8, 4) is 0 Å². The Balaban J connectivity index is 4.33. The predicted molar refractivity (Wildman–Crippen MR) is 204 cm³/mol. The minimum absolute atomic E-state index is 0.381. The van der Waals surface area contributed by atoms with E-state index in [1.165, 1.54) is 0 Å². The zero-order valence-electron chi connectivity index (χ0n) is 33.2. The maximum absolute atomic E-state index is 12.3. The first-order valence-corrected chi connectivity index (χ1v) is 18.1. The van der Waals surface area contributed by atoms with Gasteiger partial charge in [0.05, 0.1) is 91.8 Å². The monoisotopic (exact) mass is 906 g/mol. The molecule has 0 aromatic carbocycles. The minimum Gasteiger partial charge on any atom is -0.480 e. The average Bonchev–Trinajstić information content (AvgIpc) is 3.26. The van der Waals surface area contributed by atoms with Crippen molar-refractivity contribution in [1.82, 2.24) is 69.1 Å². The van der Waals surface area contributed by atoms with Crippen molar-refractivity contribution in [2.75, 3.05) is 91.8 Å². The fourth-order valence-corrected chi connectivity index (χ4v) is 3.83. The highest BCUT2D eigenvalue weighted by Gasteiger charge is 2.23. The van der Waals surface area contributed by atoms with Gasteiger partial charge in [0.2, 0.25) is 76.8 Å². The second kappa shape index (κ2) is 31.3. The van der Waals surface area contributed by atoms with Crippen LogP contribution >= 0.6 is 0 Å². The molecule has 0 unspecified atom stereocenters. The number of amides is 13.